The largest absolute Gasteiger partial charge is 0.467 e. The minimum atomic E-state index is -1.36. The van der Waals surface area contributed by atoms with Crippen LogP contribution in [0.1, 0.15) is 17.2 Å². The number of esters is 1. The maximum absolute atomic E-state index is 12.1. The summed E-state index contributed by atoms with van der Waals surface area (Å²) in [4.78, 5) is 24.1. The highest BCUT2D eigenvalue weighted by atomic mass is 16.7. The molecule has 0 aromatic heterocycles. The molecule has 0 bridgehead atoms. The van der Waals surface area contributed by atoms with E-state index in [1.807, 2.05) is 18.2 Å². The van der Waals surface area contributed by atoms with Crippen LogP contribution in [-0.2, 0) is 20.9 Å². The van der Waals surface area contributed by atoms with Gasteiger partial charge in [0, 0.05) is 0 Å². The zero-order valence-electron chi connectivity index (χ0n) is 14.6. The second-order valence-electron chi connectivity index (χ2n) is 5.76. The second-order valence-corrected chi connectivity index (χ2v) is 5.76. The number of aliphatic hydroxyl groups is 1. The number of carbonyl (C=O) groups excluding carboxylic acids is 2. The third-order valence-electron chi connectivity index (χ3n) is 4.00. The summed E-state index contributed by atoms with van der Waals surface area (Å²) in [5, 5.41) is 12.9. The fraction of sp³-hybridized carbons (Fsp3) is 0.263. The number of ether oxygens (including phenoxy) is 4. The Hall–Kier alpha value is -3.26. The lowest BCUT2D eigenvalue weighted by atomic mass is 10.0. The van der Waals surface area contributed by atoms with Gasteiger partial charge in [0.1, 0.15) is 12.7 Å². The van der Waals surface area contributed by atoms with Crippen LogP contribution in [0.5, 0.6) is 11.5 Å². The molecule has 0 aliphatic carbocycles. The van der Waals surface area contributed by atoms with Gasteiger partial charge < -0.3 is 29.4 Å². The van der Waals surface area contributed by atoms with Crippen LogP contribution in [0, 0.1) is 0 Å². The van der Waals surface area contributed by atoms with Gasteiger partial charge in [-0.25, -0.2) is 9.59 Å². The first kappa shape index (κ1) is 18.5. The first-order valence-electron chi connectivity index (χ1n) is 8.21. The van der Waals surface area contributed by atoms with E-state index in [2.05, 4.69) is 10.1 Å². The van der Waals surface area contributed by atoms with Crippen molar-refractivity contribution in [1.82, 2.24) is 5.32 Å². The minimum absolute atomic E-state index is 0.0285. The Labute approximate surface area is 155 Å². The topological polar surface area (TPSA) is 103 Å². The van der Waals surface area contributed by atoms with Crippen LogP contribution >= 0.6 is 0 Å². The van der Waals surface area contributed by atoms with E-state index in [9.17, 15) is 14.7 Å². The number of nitrogens with one attached hydrogen (secondary N) is 1. The average Bonchev–Trinajstić information content (AvgIpc) is 3.18. The molecule has 1 amide bonds. The van der Waals surface area contributed by atoms with E-state index in [0.29, 0.717) is 17.1 Å². The van der Waals surface area contributed by atoms with Crippen molar-refractivity contribution in [1.29, 1.82) is 0 Å². The van der Waals surface area contributed by atoms with E-state index in [4.69, 9.17) is 14.2 Å². The number of hydrogen-bond acceptors (Lipinski definition) is 7. The number of amides is 1. The van der Waals surface area contributed by atoms with Crippen LogP contribution in [0.4, 0.5) is 4.79 Å². The van der Waals surface area contributed by atoms with E-state index >= 15 is 0 Å². The predicted octanol–water partition coefficient (Wildman–Crippen LogP) is 1.92. The van der Waals surface area contributed by atoms with E-state index in [0.717, 1.165) is 5.56 Å². The molecule has 2 aromatic rings. The van der Waals surface area contributed by atoms with Crippen molar-refractivity contribution in [2.45, 2.75) is 18.8 Å². The Morgan fingerprint density at radius 1 is 1.15 bits per heavy atom. The van der Waals surface area contributed by atoms with Gasteiger partial charge in [0.2, 0.25) is 6.79 Å². The standard InChI is InChI=1S/C19H19NO7/c1-24-18(22)16(20-19(23)25-10-12-5-3-2-4-6-12)17(21)13-7-8-14-15(9-13)27-11-26-14/h2-9,16-17,21H,10-11H2,1H3,(H,20,23)/t16-,17+/m0/s1. The third kappa shape index (κ3) is 4.48. The average molecular weight is 373 g/mol. The zero-order chi connectivity index (χ0) is 19.2. The van der Waals surface area contributed by atoms with Gasteiger partial charge in [0.05, 0.1) is 7.11 Å². The molecule has 1 heterocycles. The highest BCUT2D eigenvalue weighted by Crippen LogP contribution is 2.34. The number of aliphatic hydroxyl groups excluding tert-OH is 1. The van der Waals surface area contributed by atoms with Crippen molar-refractivity contribution in [2.24, 2.45) is 0 Å². The SMILES string of the molecule is COC(=O)[C@@H](NC(=O)OCc1ccccc1)[C@H](O)c1ccc2c(c1)OCO2. The first-order chi connectivity index (χ1) is 13.1. The highest BCUT2D eigenvalue weighted by molar-refractivity contribution is 5.82. The van der Waals surface area contributed by atoms with Crippen molar-refractivity contribution < 1.29 is 33.6 Å². The molecule has 0 fully saturated rings. The Morgan fingerprint density at radius 3 is 2.63 bits per heavy atom. The molecule has 0 saturated carbocycles. The van der Waals surface area contributed by atoms with Gasteiger partial charge in [0.15, 0.2) is 17.5 Å². The van der Waals surface area contributed by atoms with Crippen LogP contribution in [0.25, 0.3) is 0 Å². The lowest BCUT2D eigenvalue weighted by Gasteiger charge is -2.22. The molecule has 8 nitrogen and oxygen atoms in total. The van der Waals surface area contributed by atoms with Crippen molar-refractivity contribution in [3.63, 3.8) is 0 Å². The molecule has 3 rings (SSSR count). The molecule has 1 aliphatic heterocycles. The molecule has 2 N–H and O–H groups in total. The van der Waals surface area contributed by atoms with Crippen LogP contribution in [-0.4, -0.2) is 37.1 Å². The molecular weight excluding hydrogens is 354 g/mol. The number of carbonyl (C=O) groups is 2. The van der Waals surface area contributed by atoms with E-state index in [-0.39, 0.29) is 13.4 Å². The quantitative estimate of drug-likeness (QED) is 0.746. The van der Waals surface area contributed by atoms with Crippen LogP contribution < -0.4 is 14.8 Å². The fourth-order valence-corrected chi connectivity index (χ4v) is 2.58. The monoisotopic (exact) mass is 373 g/mol. The Balaban J connectivity index is 1.67. The number of fused-ring (bicyclic) bond motifs is 1. The highest BCUT2D eigenvalue weighted by Gasteiger charge is 2.32. The summed E-state index contributed by atoms with van der Waals surface area (Å²) in [5.74, 6) is 0.175. The lowest BCUT2D eigenvalue weighted by molar-refractivity contribution is -0.146. The van der Waals surface area contributed by atoms with Gasteiger partial charge >= 0.3 is 12.1 Å². The van der Waals surface area contributed by atoms with Gasteiger partial charge in [-0.2, -0.15) is 0 Å². The van der Waals surface area contributed by atoms with Crippen molar-refractivity contribution in [3.8, 4) is 11.5 Å². The maximum Gasteiger partial charge on any atom is 0.408 e. The zero-order valence-corrected chi connectivity index (χ0v) is 14.6. The fourth-order valence-electron chi connectivity index (χ4n) is 2.58. The van der Waals surface area contributed by atoms with Crippen molar-refractivity contribution >= 4 is 12.1 Å². The van der Waals surface area contributed by atoms with Gasteiger partial charge in [-0.3, -0.25) is 0 Å². The molecule has 2 aromatic carbocycles. The molecule has 0 unspecified atom stereocenters. The van der Waals surface area contributed by atoms with Crippen LogP contribution in [0.3, 0.4) is 0 Å². The van der Waals surface area contributed by atoms with E-state index in [1.54, 1.807) is 30.3 Å². The maximum atomic E-state index is 12.1. The Kier molecular flexibility index (Phi) is 5.77. The molecule has 27 heavy (non-hydrogen) atoms. The Bertz CT molecular complexity index is 809. The molecule has 2 atom stereocenters. The smallest absolute Gasteiger partial charge is 0.408 e. The Morgan fingerprint density at radius 2 is 1.89 bits per heavy atom. The van der Waals surface area contributed by atoms with E-state index < -0.39 is 24.2 Å². The summed E-state index contributed by atoms with van der Waals surface area (Å²) in [6.45, 7) is 0.111. The molecule has 142 valence electrons. The van der Waals surface area contributed by atoms with Crippen molar-refractivity contribution in [3.05, 3.63) is 59.7 Å². The van der Waals surface area contributed by atoms with Gasteiger partial charge in [-0.1, -0.05) is 36.4 Å². The second kappa shape index (κ2) is 8.41. The van der Waals surface area contributed by atoms with Gasteiger partial charge in [-0.05, 0) is 23.3 Å². The van der Waals surface area contributed by atoms with E-state index in [1.165, 1.54) is 7.11 Å². The number of rotatable bonds is 6. The lowest BCUT2D eigenvalue weighted by Crippen LogP contribution is -2.45. The summed E-state index contributed by atoms with van der Waals surface area (Å²) in [6, 6.07) is 12.5. The molecule has 8 heteroatoms. The first-order valence-corrected chi connectivity index (χ1v) is 8.21. The van der Waals surface area contributed by atoms with Gasteiger partial charge in [0.25, 0.3) is 0 Å². The normalized spacial score (nSPS) is 14.1. The number of benzene rings is 2. The van der Waals surface area contributed by atoms with Gasteiger partial charge in [-0.15, -0.1) is 0 Å². The minimum Gasteiger partial charge on any atom is -0.467 e. The summed E-state index contributed by atoms with van der Waals surface area (Å²) >= 11 is 0. The number of methoxy groups -OCH3 is 1. The molecule has 0 spiro atoms. The molecular formula is C19H19NO7. The summed E-state index contributed by atoms with van der Waals surface area (Å²) in [6.07, 6.45) is -2.22. The third-order valence-corrected chi connectivity index (χ3v) is 4.00. The molecule has 0 saturated heterocycles. The molecule has 1 aliphatic rings. The summed E-state index contributed by atoms with van der Waals surface area (Å²) in [7, 11) is 1.17. The summed E-state index contributed by atoms with van der Waals surface area (Å²) in [5.41, 5.74) is 1.15. The van der Waals surface area contributed by atoms with Crippen LogP contribution in [0.2, 0.25) is 0 Å². The predicted molar refractivity (Wildman–Crippen MR) is 93.1 cm³/mol. The molecule has 0 radical (unpaired) electrons. The summed E-state index contributed by atoms with van der Waals surface area (Å²) < 4.78 is 20.3. The van der Waals surface area contributed by atoms with Crippen molar-refractivity contribution in [2.75, 3.05) is 13.9 Å². The number of hydrogen-bond donors (Lipinski definition) is 2. The van der Waals surface area contributed by atoms with Crippen LogP contribution in [0.15, 0.2) is 48.5 Å². The number of alkyl carbamates (subject to hydrolysis) is 1.